The molecule has 0 saturated heterocycles. The summed E-state index contributed by atoms with van der Waals surface area (Å²) in [5.41, 5.74) is 0.758. The molecule has 0 saturated carbocycles. The van der Waals surface area contributed by atoms with E-state index >= 15 is 0 Å². The third kappa shape index (κ3) is 4.80. The first-order chi connectivity index (χ1) is 9.18. The number of hydrogen-bond acceptors (Lipinski definition) is 4. The van der Waals surface area contributed by atoms with Crippen molar-refractivity contribution < 1.29 is 8.42 Å². The van der Waals surface area contributed by atoms with Gasteiger partial charge in [0.15, 0.2) is 9.84 Å². The first kappa shape index (κ1) is 17.0. The van der Waals surface area contributed by atoms with Crippen LogP contribution in [0.1, 0.15) is 20.8 Å². The molecular formula is C15H26N2O2S. The minimum absolute atomic E-state index is 0.0621. The van der Waals surface area contributed by atoms with Crippen LogP contribution in [0.2, 0.25) is 0 Å². The molecule has 0 atom stereocenters. The smallest absolute Gasteiger partial charge is 0.180 e. The molecule has 0 aliphatic carbocycles. The van der Waals surface area contributed by atoms with Gasteiger partial charge in [-0.3, -0.25) is 0 Å². The highest BCUT2D eigenvalue weighted by molar-refractivity contribution is 7.91. The lowest BCUT2D eigenvalue weighted by Gasteiger charge is -2.29. The Labute approximate surface area is 123 Å². The highest BCUT2D eigenvalue weighted by Gasteiger charge is 2.21. The van der Waals surface area contributed by atoms with Gasteiger partial charge in [-0.2, -0.15) is 0 Å². The summed E-state index contributed by atoms with van der Waals surface area (Å²) in [5, 5.41) is 3.29. The number of para-hydroxylation sites is 1. The Kier molecular flexibility index (Phi) is 5.59. The first-order valence-electron chi connectivity index (χ1n) is 6.88. The lowest BCUT2D eigenvalue weighted by Crippen LogP contribution is -2.34. The summed E-state index contributed by atoms with van der Waals surface area (Å²) in [7, 11) is 0.885. The van der Waals surface area contributed by atoms with Gasteiger partial charge in [-0.25, -0.2) is 8.42 Å². The van der Waals surface area contributed by atoms with E-state index in [-0.39, 0.29) is 11.2 Å². The quantitative estimate of drug-likeness (QED) is 0.840. The van der Waals surface area contributed by atoms with E-state index in [0.717, 1.165) is 13.1 Å². The normalized spacial score (nSPS) is 12.7. The van der Waals surface area contributed by atoms with E-state index < -0.39 is 9.84 Å². The van der Waals surface area contributed by atoms with Crippen LogP contribution in [0.3, 0.4) is 0 Å². The minimum atomic E-state index is -3.19. The summed E-state index contributed by atoms with van der Waals surface area (Å²) < 4.78 is 24.2. The van der Waals surface area contributed by atoms with Gasteiger partial charge >= 0.3 is 0 Å². The number of rotatable bonds is 7. The molecule has 1 aromatic carbocycles. The van der Waals surface area contributed by atoms with Crippen LogP contribution in [-0.4, -0.2) is 46.3 Å². The van der Waals surface area contributed by atoms with Crippen LogP contribution in [0, 0.1) is 5.41 Å². The summed E-state index contributed by atoms with van der Waals surface area (Å²) >= 11 is 0. The number of anilines is 1. The standard InChI is InChI=1S/C15H26N2O2S/c1-6-20(18,19)14-10-8-7-9-13(14)16-11-15(2,3)12-17(4)5/h7-10,16H,6,11-12H2,1-5H3. The molecule has 20 heavy (non-hydrogen) atoms. The lowest BCUT2D eigenvalue weighted by molar-refractivity contribution is 0.254. The molecule has 0 amide bonds. The SMILES string of the molecule is CCS(=O)(=O)c1ccccc1NCC(C)(C)CN(C)C. The molecule has 1 rings (SSSR count). The van der Waals surface area contributed by atoms with Crippen LogP contribution in [0.25, 0.3) is 0 Å². The van der Waals surface area contributed by atoms with E-state index in [2.05, 4.69) is 24.1 Å². The van der Waals surface area contributed by atoms with Crippen LogP contribution < -0.4 is 5.32 Å². The molecule has 1 aromatic rings. The van der Waals surface area contributed by atoms with Gasteiger partial charge in [0.25, 0.3) is 0 Å². The average Bonchev–Trinajstić information content (AvgIpc) is 2.35. The molecule has 1 N–H and O–H groups in total. The zero-order valence-electron chi connectivity index (χ0n) is 13.1. The number of hydrogen-bond donors (Lipinski definition) is 1. The van der Waals surface area contributed by atoms with Crippen molar-refractivity contribution >= 4 is 15.5 Å². The maximum absolute atomic E-state index is 12.1. The predicted octanol–water partition coefficient (Wildman–Crippen LogP) is 2.48. The maximum Gasteiger partial charge on any atom is 0.180 e. The molecule has 0 heterocycles. The van der Waals surface area contributed by atoms with E-state index in [4.69, 9.17) is 0 Å². The molecule has 5 heteroatoms. The molecular weight excluding hydrogens is 272 g/mol. The second-order valence-corrected chi connectivity index (χ2v) is 8.40. The van der Waals surface area contributed by atoms with Crippen LogP contribution in [-0.2, 0) is 9.84 Å². The monoisotopic (exact) mass is 298 g/mol. The Balaban J connectivity index is 2.89. The highest BCUT2D eigenvalue weighted by Crippen LogP contribution is 2.24. The molecule has 0 aliphatic heterocycles. The van der Waals surface area contributed by atoms with E-state index in [1.165, 1.54) is 0 Å². The largest absolute Gasteiger partial charge is 0.383 e. The van der Waals surface area contributed by atoms with Crippen molar-refractivity contribution in [3.05, 3.63) is 24.3 Å². The maximum atomic E-state index is 12.1. The van der Waals surface area contributed by atoms with Crippen molar-refractivity contribution in [2.24, 2.45) is 5.41 Å². The highest BCUT2D eigenvalue weighted by atomic mass is 32.2. The van der Waals surface area contributed by atoms with Crippen molar-refractivity contribution in [2.75, 3.05) is 38.3 Å². The fraction of sp³-hybridized carbons (Fsp3) is 0.600. The van der Waals surface area contributed by atoms with Gasteiger partial charge in [0.2, 0.25) is 0 Å². The number of nitrogens with one attached hydrogen (secondary N) is 1. The molecule has 0 aromatic heterocycles. The molecule has 0 aliphatic rings. The number of sulfone groups is 1. The van der Waals surface area contributed by atoms with Gasteiger partial charge in [0.1, 0.15) is 0 Å². The van der Waals surface area contributed by atoms with Crippen LogP contribution in [0.15, 0.2) is 29.2 Å². The van der Waals surface area contributed by atoms with E-state index in [9.17, 15) is 8.42 Å². The summed E-state index contributed by atoms with van der Waals surface area (Å²) in [6.45, 7) is 7.65. The Morgan fingerprint density at radius 3 is 2.35 bits per heavy atom. The molecule has 4 nitrogen and oxygen atoms in total. The van der Waals surface area contributed by atoms with Gasteiger partial charge < -0.3 is 10.2 Å². The summed E-state index contributed by atoms with van der Waals surface area (Å²) in [6.07, 6.45) is 0. The van der Waals surface area contributed by atoms with Gasteiger partial charge in [-0.1, -0.05) is 32.9 Å². The zero-order chi connectivity index (χ0) is 15.4. The minimum Gasteiger partial charge on any atom is -0.383 e. The molecule has 0 spiro atoms. The number of benzene rings is 1. The third-order valence-electron chi connectivity index (χ3n) is 3.10. The Morgan fingerprint density at radius 1 is 1.20 bits per heavy atom. The molecule has 0 unspecified atom stereocenters. The fourth-order valence-corrected chi connectivity index (χ4v) is 3.36. The van der Waals surface area contributed by atoms with Crippen molar-refractivity contribution in [1.29, 1.82) is 0 Å². The van der Waals surface area contributed by atoms with E-state index in [1.54, 1.807) is 19.1 Å². The van der Waals surface area contributed by atoms with Crippen LogP contribution >= 0.6 is 0 Å². The second-order valence-electron chi connectivity index (χ2n) is 6.16. The van der Waals surface area contributed by atoms with Gasteiger partial charge in [-0.05, 0) is 31.6 Å². The summed E-state index contributed by atoms with van der Waals surface area (Å²) in [6, 6.07) is 7.11. The molecule has 0 fully saturated rings. The average molecular weight is 298 g/mol. The predicted molar refractivity (Wildman–Crippen MR) is 85.0 cm³/mol. The van der Waals surface area contributed by atoms with Crippen molar-refractivity contribution in [1.82, 2.24) is 4.90 Å². The van der Waals surface area contributed by atoms with Gasteiger partial charge in [0, 0.05) is 13.1 Å². The number of nitrogens with zero attached hydrogens (tertiary/aromatic N) is 1. The van der Waals surface area contributed by atoms with E-state index in [1.807, 2.05) is 26.2 Å². The van der Waals surface area contributed by atoms with E-state index in [0.29, 0.717) is 10.6 Å². The fourth-order valence-electron chi connectivity index (χ4n) is 2.29. The van der Waals surface area contributed by atoms with Crippen LogP contribution in [0.4, 0.5) is 5.69 Å². The Hall–Kier alpha value is -1.07. The third-order valence-corrected chi connectivity index (χ3v) is 4.89. The molecule has 114 valence electrons. The zero-order valence-corrected chi connectivity index (χ0v) is 13.9. The molecule has 0 bridgehead atoms. The van der Waals surface area contributed by atoms with Crippen molar-refractivity contribution in [2.45, 2.75) is 25.7 Å². The summed E-state index contributed by atoms with van der Waals surface area (Å²) in [5.74, 6) is 0.118. The second kappa shape index (κ2) is 6.59. The first-order valence-corrected chi connectivity index (χ1v) is 8.53. The topological polar surface area (TPSA) is 49.4 Å². The van der Waals surface area contributed by atoms with Crippen LogP contribution in [0.5, 0.6) is 0 Å². The van der Waals surface area contributed by atoms with Gasteiger partial charge in [-0.15, -0.1) is 0 Å². The lowest BCUT2D eigenvalue weighted by atomic mass is 9.93. The molecule has 0 radical (unpaired) electrons. The van der Waals surface area contributed by atoms with Gasteiger partial charge in [0.05, 0.1) is 16.3 Å². The summed E-state index contributed by atoms with van der Waals surface area (Å²) in [4.78, 5) is 2.53. The van der Waals surface area contributed by atoms with Crippen molar-refractivity contribution in [3.8, 4) is 0 Å². The Morgan fingerprint density at radius 2 is 1.80 bits per heavy atom. The van der Waals surface area contributed by atoms with Crippen molar-refractivity contribution in [3.63, 3.8) is 0 Å². The Bertz CT molecular complexity index is 537.